The van der Waals surface area contributed by atoms with Gasteiger partial charge in [0.25, 0.3) is 0 Å². The molecule has 6 nitrogen and oxygen atoms in total. The lowest BCUT2D eigenvalue weighted by Crippen LogP contribution is -2.30. The molecule has 0 saturated heterocycles. The average Bonchev–Trinajstić information content (AvgIpc) is 3.37. The van der Waals surface area contributed by atoms with Crippen molar-refractivity contribution in [2.45, 2.75) is 335 Å². The van der Waals surface area contributed by atoms with E-state index in [2.05, 4.69) is 69.4 Å². The highest BCUT2D eigenvalue weighted by atomic mass is 16.6. The third-order valence-electron chi connectivity index (χ3n) is 13.8. The molecule has 0 aliphatic rings. The van der Waals surface area contributed by atoms with Crippen LogP contribution in [0, 0.1) is 0 Å². The van der Waals surface area contributed by atoms with Gasteiger partial charge in [-0.25, -0.2) is 0 Å². The second-order valence-electron chi connectivity index (χ2n) is 21.0. The van der Waals surface area contributed by atoms with E-state index in [1.54, 1.807) is 0 Å². The second kappa shape index (κ2) is 59.9. The summed E-state index contributed by atoms with van der Waals surface area (Å²) < 4.78 is 16.9. The fraction of sp³-hybridized carbons (Fsp3) is 0.831. The van der Waals surface area contributed by atoms with Gasteiger partial charge in [-0.2, -0.15) is 0 Å². The van der Waals surface area contributed by atoms with Crippen molar-refractivity contribution in [1.82, 2.24) is 0 Å². The highest BCUT2D eigenvalue weighted by molar-refractivity contribution is 5.71. The molecule has 0 spiro atoms. The Kier molecular flexibility index (Phi) is 57.7. The summed E-state index contributed by atoms with van der Waals surface area (Å²) in [5, 5.41) is 0. The van der Waals surface area contributed by atoms with Crippen LogP contribution in [0.4, 0.5) is 0 Å². The quantitative estimate of drug-likeness (QED) is 0.0261. The van der Waals surface area contributed by atoms with Crippen molar-refractivity contribution in [3.8, 4) is 0 Å². The van der Waals surface area contributed by atoms with Crippen molar-refractivity contribution in [3.05, 3.63) is 48.6 Å². The summed E-state index contributed by atoms with van der Waals surface area (Å²) in [6.45, 7) is 6.55. The third kappa shape index (κ3) is 58.1. The van der Waals surface area contributed by atoms with Crippen molar-refractivity contribution in [2.75, 3.05) is 13.2 Å². The van der Waals surface area contributed by atoms with Crippen LogP contribution in [0.3, 0.4) is 0 Å². The molecule has 71 heavy (non-hydrogen) atoms. The van der Waals surface area contributed by atoms with E-state index in [0.29, 0.717) is 19.3 Å². The molecule has 1 unspecified atom stereocenters. The fourth-order valence-corrected chi connectivity index (χ4v) is 9.20. The van der Waals surface area contributed by atoms with Gasteiger partial charge in [0.15, 0.2) is 6.10 Å². The molecule has 6 heteroatoms. The first-order valence-electron chi connectivity index (χ1n) is 31.1. The predicted octanol–water partition coefficient (Wildman–Crippen LogP) is 21.0. The maximum absolute atomic E-state index is 12.8. The Morgan fingerprint density at radius 3 is 0.859 bits per heavy atom. The van der Waals surface area contributed by atoms with E-state index in [1.165, 1.54) is 205 Å². The number of hydrogen-bond donors (Lipinski definition) is 0. The Bertz CT molecular complexity index is 1230. The first-order chi connectivity index (χ1) is 35.0. The lowest BCUT2D eigenvalue weighted by atomic mass is 10.0. The number of ether oxygens (including phenoxy) is 3. The normalized spacial score (nSPS) is 12.3. The van der Waals surface area contributed by atoms with Gasteiger partial charge in [0.2, 0.25) is 0 Å². The number of carbonyl (C=O) groups excluding carboxylic acids is 3. The van der Waals surface area contributed by atoms with Crippen LogP contribution in [0.5, 0.6) is 0 Å². The lowest BCUT2D eigenvalue weighted by Gasteiger charge is -2.18. The van der Waals surface area contributed by atoms with Crippen LogP contribution in [-0.4, -0.2) is 37.2 Å². The minimum absolute atomic E-state index is 0.0660. The molecule has 0 aromatic rings. The molecule has 0 aromatic carbocycles. The van der Waals surface area contributed by atoms with Crippen LogP contribution >= 0.6 is 0 Å². The van der Waals surface area contributed by atoms with Gasteiger partial charge in [0, 0.05) is 19.3 Å². The van der Waals surface area contributed by atoms with Crippen molar-refractivity contribution >= 4 is 17.9 Å². The number of rotatable bonds is 57. The molecule has 0 saturated carbocycles. The van der Waals surface area contributed by atoms with Crippen molar-refractivity contribution < 1.29 is 28.6 Å². The summed E-state index contributed by atoms with van der Waals surface area (Å²) in [4.78, 5) is 38.1. The van der Waals surface area contributed by atoms with E-state index in [9.17, 15) is 14.4 Å². The minimum atomic E-state index is -0.765. The van der Waals surface area contributed by atoms with Crippen LogP contribution in [0.2, 0.25) is 0 Å². The van der Waals surface area contributed by atoms with Gasteiger partial charge in [0.1, 0.15) is 13.2 Å². The Morgan fingerprint density at radius 1 is 0.296 bits per heavy atom. The summed E-state index contributed by atoms with van der Waals surface area (Å²) in [7, 11) is 0. The van der Waals surface area contributed by atoms with Gasteiger partial charge in [-0.15, -0.1) is 0 Å². The maximum Gasteiger partial charge on any atom is 0.306 e. The molecular weight excluding hydrogens is 877 g/mol. The van der Waals surface area contributed by atoms with Gasteiger partial charge in [-0.1, -0.05) is 301 Å². The summed E-state index contributed by atoms with van der Waals surface area (Å²) in [6.07, 6.45) is 74.2. The maximum atomic E-state index is 12.8. The molecule has 0 N–H and O–H groups in total. The predicted molar refractivity (Wildman–Crippen MR) is 307 cm³/mol. The zero-order valence-electron chi connectivity index (χ0n) is 47.5. The van der Waals surface area contributed by atoms with Crippen molar-refractivity contribution in [3.63, 3.8) is 0 Å². The molecule has 0 bridgehead atoms. The average molecular weight is 996 g/mol. The number of esters is 3. The molecule has 0 aromatic heterocycles. The van der Waals surface area contributed by atoms with Gasteiger partial charge >= 0.3 is 17.9 Å². The third-order valence-corrected chi connectivity index (χ3v) is 13.8. The molecule has 0 aliphatic heterocycles. The van der Waals surface area contributed by atoms with Crippen LogP contribution in [0.15, 0.2) is 48.6 Å². The van der Waals surface area contributed by atoms with E-state index in [0.717, 1.165) is 83.5 Å². The summed E-state index contributed by atoms with van der Waals surface area (Å²) in [5.41, 5.74) is 0. The van der Waals surface area contributed by atoms with Crippen LogP contribution < -0.4 is 0 Å². The summed E-state index contributed by atoms with van der Waals surface area (Å²) >= 11 is 0. The second-order valence-corrected chi connectivity index (χ2v) is 21.0. The fourth-order valence-electron chi connectivity index (χ4n) is 9.20. The van der Waals surface area contributed by atoms with Gasteiger partial charge in [0.05, 0.1) is 0 Å². The topological polar surface area (TPSA) is 78.9 Å². The molecule has 1 atom stereocenters. The van der Waals surface area contributed by atoms with E-state index in [4.69, 9.17) is 14.2 Å². The molecule has 0 radical (unpaired) electrons. The van der Waals surface area contributed by atoms with Crippen LogP contribution in [0.25, 0.3) is 0 Å². The van der Waals surface area contributed by atoms with E-state index in [1.807, 2.05) is 0 Å². The summed E-state index contributed by atoms with van der Waals surface area (Å²) in [6, 6.07) is 0. The van der Waals surface area contributed by atoms with Gasteiger partial charge in [-0.3, -0.25) is 14.4 Å². The molecular formula is C65H118O6. The Balaban J connectivity index is 4.04. The minimum Gasteiger partial charge on any atom is -0.462 e. The van der Waals surface area contributed by atoms with Gasteiger partial charge < -0.3 is 14.2 Å². The molecule has 0 rings (SSSR count). The summed E-state index contributed by atoms with van der Waals surface area (Å²) in [5.74, 6) is -0.848. The first kappa shape index (κ1) is 68.4. The standard InChI is InChI=1S/C65H118O6/c1-4-7-10-13-16-19-22-23-24-25-26-27-28-29-30-31-32-33-34-35-36-37-38-39-40-41-44-46-49-52-55-58-64(67)70-61-62(71-65(68)59-56-53-50-47-43-21-18-15-12-9-6-3)60-69-63(66)57-54-51-48-45-42-20-17-14-11-8-5-2/h7,10,16,19,23-24,26-27,62H,4-6,8-9,11-15,17-18,20-22,25,28-61H2,1-3H3/b10-7-,19-16-,24-23-,27-26-. The van der Waals surface area contributed by atoms with Crippen LogP contribution in [0.1, 0.15) is 329 Å². The number of unbranched alkanes of at least 4 members (excludes halogenated alkanes) is 38. The van der Waals surface area contributed by atoms with Crippen molar-refractivity contribution in [2.24, 2.45) is 0 Å². The number of hydrogen-bond acceptors (Lipinski definition) is 6. The van der Waals surface area contributed by atoms with E-state index < -0.39 is 6.10 Å². The molecule has 0 heterocycles. The number of carbonyl (C=O) groups is 3. The zero-order valence-corrected chi connectivity index (χ0v) is 47.5. The zero-order chi connectivity index (χ0) is 51.4. The first-order valence-corrected chi connectivity index (χ1v) is 31.1. The highest BCUT2D eigenvalue weighted by Gasteiger charge is 2.19. The van der Waals surface area contributed by atoms with E-state index in [-0.39, 0.29) is 31.1 Å². The van der Waals surface area contributed by atoms with Crippen LogP contribution in [-0.2, 0) is 28.6 Å². The molecule has 414 valence electrons. The Morgan fingerprint density at radius 2 is 0.549 bits per heavy atom. The van der Waals surface area contributed by atoms with Crippen molar-refractivity contribution in [1.29, 1.82) is 0 Å². The SMILES string of the molecule is CC/C=C\C/C=C\C/C=C\C/C=C\CCCCCCCCCCCCCCCCCCCCC(=O)OCC(COC(=O)CCCCCCCCCCCCC)OC(=O)CCCCCCCCCCCCC. The van der Waals surface area contributed by atoms with Gasteiger partial charge in [-0.05, 0) is 57.8 Å². The van der Waals surface area contributed by atoms with E-state index >= 15 is 0 Å². The molecule has 0 aliphatic carbocycles. The monoisotopic (exact) mass is 995 g/mol. The largest absolute Gasteiger partial charge is 0.462 e. The Labute approximate surface area is 441 Å². The number of allylic oxidation sites excluding steroid dienone is 8. The molecule has 0 fully saturated rings. The lowest BCUT2D eigenvalue weighted by molar-refractivity contribution is -0.167. The highest BCUT2D eigenvalue weighted by Crippen LogP contribution is 2.17. The smallest absolute Gasteiger partial charge is 0.306 e. The Hall–Kier alpha value is -2.63. The molecule has 0 amide bonds.